The van der Waals surface area contributed by atoms with Gasteiger partial charge in [0.15, 0.2) is 0 Å². The van der Waals surface area contributed by atoms with Crippen molar-refractivity contribution in [3.63, 3.8) is 0 Å². The first kappa shape index (κ1) is 15.2. The van der Waals surface area contributed by atoms with E-state index in [0.717, 1.165) is 6.07 Å². The Morgan fingerprint density at radius 1 is 1.24 bits per heavy atom. The first-order chi connectivity index (χ1) is 9.77. The van der Waals surface area contributed by atoms with E-state index >= 15 is 0 Å². The number of ether oxygens (including phenoxy) is 1. The van der Waals surface area contributed by atoms with Crippen LogP contribution in [0, 0.1) is 10.1 Å². The van der Waals surface area contributed by atoms with E-state index < -0.39 is 22.4 Å². The third-order valence-electron chi connectivity index (χ3n) is 2.28. The second-order valence-electron chi connectivity index (χ2n) is 3.72. The minimum atomic E-state index is -4.68. The van der Waals surface area contributed by atoms with E-state index in [1.807, 2.05) is 0 Å². The van der Waals surface area contributed by atoms with Gasteiger partial charge in [-0.05, 0) is 28.1 Å². The highest BCUT2D eigenvalue weighted by Crippen LogP contribution is 2.37. The van der Waals surface area contributed by atoms with Gasteiger partial charge in [-0.3, -0.25) is 10.1 Å². The Morgan fingerprint density at radius 2 is 1.86 bits per heavy atom. The number of nitro benzene ring substituents is 1. The second-order valence-corrected chi connectivity index (χ2v) is 4.64. The summed E-state index contributed by atoms with van der Waals surface area (Å²) in [5.74, 6) is -0.379. The predicted molar refractivity (Wildman–Crippen MR) is 67.9 cm³/mol. The van der Waals surface area contributed by atoms with Crippen molar-refractivity contribution in [1.82, 2.24) is 9.97 Å². The molecule has 1 heterocycles. The number of hydrogen-bond acceptors (Lipinski definition) is 5. The van der Waals surface area contributed by atoms with E-state index in [0.29, 0.717) is 16.6 Å². The lowest BCUT2D eigenvalue weighted by molar-refractivity contribution is -0.385. The molecule has 2 rings (SSSR count). The van der Waals surface area contributed by atoms with E-state index in [9.17, 15) is 23.3 Å². The minimum absolute atomic E-state index is 0.221. The molecule has 10 heteroatoms. The molecular formula is C11H5BrF3N3O3. The van der Waals surface area contributed by atoms with Gasteiger partial charge in [-0.15, -0.1) is 0 Å². The SMILES string of the molecule is O=[N+]([O-])c1cc(C(F)(F)F)ccc1Oc1ncc(Br)cn1. The van der Waals surface area contributed by atoms with Crippen molar-refractivity contribution in [1.29, 1.82) is 0 Å². The fraction of sp³-hybridized carbons (Fsp3) is 0.0909. The number of nitrogens with zero attached hydrogens (tertiary/aromatic N) is 3. The van der Waals surface area contributed by atoms with Crippen molar-refractivity contribution in [3.05, 3.63) is 50.7 Å². The molecule has 0 atom stereocenters. The zero-order valence-electron chi connectivity index (χ0n) is 9.96. The summed E-state index contributed by atoms with van der Waals surface area (Å²) in [5.41, 5.74) is -1.96. The molecule has 6 nitrogen and oxygen atoms in total. The van der Waals surface area contributed by atoms with Crippen LogP contribution in [0.3, 0.4) is 0 Å². The molecule has 0 aliphatic heterocycles. The zero-order chi connectivity index (χ0) is 15.6. The van der Waals surface area contributed by atoms with Gasteiger partial charge in [0.1, 0.15) is 0 Å². The summed E-state index contributed by atoms with van der Waals surface area (Å²) < 4.78 is 43.2. The third kappa shape index (κ3) is 3.66. The Kier molecular flexibility index (Phi) is 4.07. The standard InChI is InChI=1S/C11H5BrF3N3O3/c12-7-4-16-10(17-5-7)21-9-2-1-6(11(13,14)15)3-8(9)18(19)20/h1-5H. The quantitative estimate of drug-likeness (QED) is 0.609. The van der Waals surface area contributed by atoms with Gasteiger partial charge in [0, 0.05) is 18.5 Å². The van der Waals surface area contributed by atoms with Gasteiger partial charge in [-0.1, -0.05) is 0 Å². The molecule has 0 N–H and O–H groups in total. The highest BCUT2D eigenvalue weighted by Gasteiger charge is 2.33. The molecular weight excluding hydrogens is 359 g/mol. The average Bonchev–Trinajstić information content (AvgIpc) is 2.40. The maximum absolute atomic E-state index is 12.5. The lowest BCUT2D eigenvalue weighted by Gasteiger charge is -2.08. The van der Waals surface area contributed by atoms with E-state index in [-0.39, 0.29) is 11.8 Å². The monoisotopic (exact) mass is 363 g/mol. The largest absolute Gasteiger partial charge is 0.417 e. The molecule has 0 saturated heterocycles. The Labute approximate surface area is 123 Å². The molecule has 2 aromatic rings. The number of benzene rings is 1. The van der Waals surface area contributed by atoms with Gasteiger partial charge in [-0.25, -0.2) is 9.97 Å². The number of rotatable bonds is 3. The fourth-order valence-corrected chi connectivity index (χ4v) is 1.58. The van der Waals surface area contributed by atoms with Crippen molar-refractivity contribution in [2.24, 2.45) is 0 Å². The van der Waals surface area contributed by atoms with Crippen LogP contribution in [-0.2, 0) is 6.18 Å². The van der Waals surface area contributed by atoms with Crippen LogP contribution in [0.15, 0.2) is 35.1 Å². The lowest BCUT2D eigenvalue weighted by atomic mass is 10.2. The summed E-state index contributed by atoms with van der Waals surface area (Å²) >= 11 is 3.09. The number of alkyl halides is 3. The molecule has 0 unspecified atom stereocenters. The summed E-state index contributed by atoms with van der Waals surface area (Å²) in [6.45, 7) is 0. The smallest absolute Gasteiger partial charge is 0.416 e. The predicted octanol–water partition coefficient (Wildman–Crippen LogP) is 3.96. The molecule has 1 aromatic carbocycles. The Hall–Kier alpha value is -2.23. The molecule has 0 fully saturated rings. The number of hydrogen-bond donors (Lipinski definition) is 0. The summed E-state index contributed by atoms with van der Waals surface area (Å²) in [6, 6.07) is 1.71. The van der Waals surface area contributed by atoms with E-state index in [1.54, 1.807) is 0 Å². The van der Waals surface area contributed by atoms with Gasteiger partial charge in [0.25, 0.3) is 0 Å². The lowest BCUT2D eigenvalue weighted by Crippen LogP contribution is -2.06. The van der Waals surface area contributed by atoms with Crippen molar-refractivity contribution < 1.29 is 22.8 Å². The Bertz CT molecular complexity index is 677. The average molecular weight is 364 g/mol. The fourth-order valence-electron chi connectivity index (χ4n) is 1.37. The topological polar surface area (TPSA) is 78.2 Å². The van der Waals surface area contributed by atoms with Gasteiger partial charge in [0.2, 0.25) is 5.75 Å². The zero-order valence-corrected chi connectivity index (χ0v) is 11.6. The highest BCUT2D eigenvalue weighted by atomic mass is 79.9. The van der Waals surface area contributed by atoms with Crippen molar-refractivity contribution in [2.75, 3.05) is 0 Å². The van der Waals surface area contributed by atoms with Crippen LogP contribution in [-0.4, -0.2) is 14.9 Å². The van der Waals surface area contributed by atoms with Crippen LogP contribution < -0.4 is 4.74 Å². The van der Waals surface area contributed by atoms with Gasteiger partial charge >= 0.3 is 17.9 Å². The maximum Gasteiger partial charge on any atom is 0.416 e. The molecule has 110 valence electrons. The van der Waals surface area contributed by atoms with E-state index in [4.69, 9.17) is 4.74 Å². The molecule has 0 radical (unpaired) electrons. The number of halogens is 4. The molecule has 0 amide bonds. The van der Waals surface area contributed by atoms with Crippen LogP contribution in [0.25, 0.3) is 0 Å². The Morgan fingerprint density at radius 3 is 2.38 bits per heavy atom. The number of nitro groups is 1. The van der Waals surface area contributed by atoms with E-state index in [1.165, 1.54) is 12.4 Å². The Balaban J connectivity index is 2.39. The molecule has 1 aromatic heterocycles. The van der Waals surface area contributed by atoms with Crippen LogP contribution in [0.5, 0.6) is 11.8 Å². The van der Waals surface area contributed by atoms with Crippen molar-refractivity contribution in [2.45, 2.75) is 6.18 Å². The summed E-state index contributed by atoms with van der Waals surface area (Å²) in [5, 5.41) is 10.9. The van der Waals surface area contributed by atoms with E-state index in [2.05, 4.69) is 25.9 Å². The van der Waals surface area contributed by atoms with Crippen molar-refractivity contribution in [3.8, 4) is 11.8 Å². The summed E-state index contributed by atoms with van der Waals surface area (Å²) in [4.78, 5) is 17.3. The van der Waals surface area contributed by atoms with Gasteiger partial charge in [-0.2, -0.15) is 13.2 Å². The molecule has 0 saturated carbocycles. The summed E-state index contributed by atoms with van der Waals surface area (Å²) in [6.07, 6.45) is -2.02. The molecule has 0 aliphatic rings. The highest BCUT2D eigenvalue weighted by molar-refractivity contribution is 9.10. The van der Waals surface area contributed by atoms with Crippen molar-refractivity contribution >= 4 is 21.6 Å². The molecule has 0 bridgehead atoms. The van der Waals surface area contributed by atoms with Crippen LogP contribution in [0.2, 0.25) is 0 Å². The molecule has 21 heavy (non-hydrogen) atoms. The normalized spacial score (nSPS) is 11.2. The van der Waals surface area contributed by atoms with Gasteiger partial charge < -0.3 is 4.74 Å². The second kappa shape index (κ2) is 5.64. The number of aromatic nitrogens is 2. The van der Waals surface area contributed by atoms with Crippen LogP contribution >= 0.6 is 15.9 Å². The molecule has 0 aliphatic carbocycles. The first-order valence-corrected chi connectivity index (χ1v) is 6.07. The van der Waals surface area contributed by atoms with Gasteiger partial charge in [0.05, 0.1) is 15.0 Å². The minimum Gasteiger partial charge on any atom is -0.417 e. The molecule has 0 spiro atoms. The maximum atomic E-state index is 12.5. The third-order valence-corrected chi connectivity index (χ3v) is 2.69. The van der Waals surface area contributed by atoms with Crippen LogP contribution in [0.1, 0.15) is 5.56 Å². The summed E-state index contributed by atoms with van der Waals surface area (Å²) in [7, 11) is 0. The van der Waals surface area contributed by atoms with Crippen LogP contribution in [0.4, 0.5) is 18.9 Å². The first-order valence-electron chi connectivity index (χ1n) is 5.28.